The highest BCUT2D eigenvalue weighted by atomic mass is 15.3. The minimum absolute atomic E-state index is 0.0472. The first kappa shape index (κ1) is 13.7. The van der Waals surface area contributed by atoms with E-state index in [2.05, 4.69) is 36.9 Å². The van der Waals surface area contributed by atoms with Gasteiger partial charge in [0.1, 0.15) is 0 Å². The summed E-state index contributed by atoms with van der Waals surface area (Å²) < 4.78 is 2.01. The fraction of sp³-hybridized carbons (Fsp3) is 0.467. The summed E-state index contributed by atoms with van der Waals surface area (Å²) in [5.74, 6) is 0. The molecule has 4 nitrogen and oxygen atoms in total. The van der Waals surface area contributed by atoms with E-state index in [0.29, 0.717) is 6.04 Å². The number of nitrogens with two attached hydrogens (primary N) is 1. The van der Waals surface area contributed by atoms with Crippen LogP contribution in [0.15, 0.2) is 30.7 Å². The van der Waals surface area contributed by atoms with Gasteiger partial charge in [0.15, 0.2) is 0 Å². The molecule has 2 unspecified atom stereocenters. The molecule has 0 saturated heterocycles. The zero-order valence-corrected chi connectivity index (χ0v) is 11.9. The van der Waals surface area contributed by atoms with Crippen LogP contribution in [0.25, 0.3) is 0 Å². The molecule has 0 aliphatic heterocycles. The molecular formula is C15H22N4. The molecule has 0 spiro atoms. The Morgan fingerprint density at radius 3 is 2.84 bits per heavy atom. The van der Waals surface area contributed by atoms with Gasteiger partial charge in [0, 0.05) is 37.1 Å². The molecule has 0 fully saturated rings. The van der Waals surface area contributed by atoms with E-state index in [1.54, 1.807) is 6.20 Å². The zero-order chi connectivity index (χ0) is 13.8. The molecule has 19 heavy (non-hydrogen) atoms. The average molecular weight is 258 g/mol. The van der Waals surface area contributed by atoms with Gasteiger partial charge in [0.05, 0.1) is 5.69 Å². The lowest BCUT2D eigenvalue weighted by Crippen LogP contribution is -2.15. The van der Waals surface area contributed by atoms with Crippen LogP contribution in [0.4, 0.5) is 0 Å². The predicted molar refractivity (Wildman–Crippen MR) is 76.8 cm³/mol. The monoisotopic (exact) mass is 258 g/mol. The number of aryl methyl sites for hydroxylation is 1. The van der Waals surface area contributed by atoms with Gasteiger partial charge >= 0.3 is 0 Å². The first-order chi connectivity index (χ1) is 9.11. The predicted octanol–water partition coefficient (Wildman–Crippen LogP) is 2.80. The summed E-state index contributed by atoms with van der Waals surface area (Å²) in [5, 5.41) is 4.59. The molecule has 2 aromatic heterocycles. The maximum atomic E-state index is 6.26. The number of rotatable bonds is 5. The van der Waals surface area contributed by atoms with Crippen molar-refractivity contribution < 1.29 is 0 Å². The van der Waals surface area contributed by atoms with Gasteiger partial charge in [-0.2, -0.15) is 5.10 Å². The summed E-state index contributed by atoms with van der Waals surface area (Å²) in [6.45, 7) is 6.40. The number of hydrogen-bond acceptors (Lipinski definition) is 3. The minimum Gasteiger partial charge on any atom is -0.324 e. The number of aromatic nitrogens is 3. The maximum Gasteiger partial charge on any atom is 0.0643 e. The average Bonchev–Trinajstić information content (AvgIpc) is 2.86. The van der Waals surface area contributed by atoms with Crippen molar-refractivity contribution in [1.29, 1.82) is 0 Å². The molecule has 0 bridgehead atoms. The fourth-order valence-corrected chi connectivity index (χ4v) is 2.12. The lowest BCUT2D eigenvalue weighted by molar-refractivity contribution is 0.472. The van der Waals surface area contributed by atoms with Crippen LogP contribution >= 0.6 is 0 Å². The molecule has 0 aromatic carbocycles. The SMILES string of the molecule is CCC(C)n1ccc(CC(N)c2cnccc2C)n1. The molecule has 0 radical (unpaired) electrons. The van der Waals surface area contributed by atoms with Gasteiger partial charge < -0.3 is 5.73 Å². The van der Waals surface area contributed by atoms with E-state index in [-0.39, 0.29) is 6.04 Å². The van der Waals surface area contributed by atoms with Crippen LogP contribution in [0.2, 0.25) is 0 Å². The lowest BCUT2D eigenvalue weighted by Gasteiger charge is -2.13. The van der Waals surface area contributed by atoms with Gasteiger partial charge in [-0.3, -0.25) is 9.67 Å². The van der Waals surface area contributed by atoms with Crippen LogP contribution in [0.5, 0.6) is 0 Å². The second-order valence-electron chi connectivity index (χ2n) is 5.09. The summed E-state index contributed by atoms with van der Waals surface area (Å²) >= 11 is 0. The van der Waals surface area contributed by atoms with Crippen molar-refractivity contribution >= 4 is 0 Å². The van der Waals surface area contributed by atoms with Crippen molar-refractivity contribution in [3.63, 3.8) is 0 Å². The van der Waals surface area contributed by atoms with Crippen LogP contribution in [-0.4, -0.2) is 14.8 Å². The molecular weight excluding hydrogens is 236 g/mol. The molecule has 0 aliphatic carbocycles. The van der Waals surface area contributed by atoms with Crippen LogP contribution in [0, 0.1) is 6.92 Å². The van der Waals surface area contributed by atoms with Gasteiger partial charge in [-0.05, 0) is 43.5 Å². The summed E-state index contributed by atoms with van der Waals surface area (Å²) in [6, 6.07) is 4.43. The Hall–Kier alpha value is -1.68. The highest BCUT2D eigenvalue weighted by molar-refractivity contribution is 5.25. The molecule has 2 rings (SSSR count). The molecule has 0 aliphatic rings. The van der Waals surface area contributed by atoms with E-state index in [0.717, 1.165) is 24.1 Å². The fourth-order valence-electron chi connectivity index (χ4n) is 2.12. The third kappa shape index (κ3) is 3.20. The summed E-state index contributed by atoms with van der Waals surface area (Å²) in [4.78, 5) is 4.15. The summed E-state index contributed by atoms with van der Waals surface area (Å²) in [6.07, 6.45) is 7.51. The molecule has 2 heterocycles. The first-order valence-electron chi connectivity index (χ1n) is 6.82. The maximum absolute atomic E-state index is 6.26. The highest BCUT2D eigenvalue weighted by Gasteiger charge is 2.12. The number of hydrogen-bond donors (Lipinski definition) is 1. The van der Waals surface area contributed by atoms with Gasteiger partial charge in [0.2, 0.25) is 0 Å². The Bertz CT molecular complexity index is 532. The van der Waals surface area contributed by atoms with E-state index in [1.807, 2.05) is 23.1 Å². The molecule has 2 atom stereocenters. The standard InChI is InChI=1S/C15H22N4/c1-4-12(3)19-8-6-13(18-19)9-15(16)14-10-17-7-5-11(14)2/h5-8,10,12,15H,4,9,16H2,1-3H3. The quantitative estimate of drug-likeness (QED) is 0.897. The Kier molecular flexibility index (Phi) is 4.32. The van der Waals surface area contributed by atoms with Crippen LogP contribution in [0.1, 0.15) is 49.2 Å². The first-order valence-corrected chi connectivity index (χ1v) is 6.82. The van der Waals surface area contributed by atoms with Crippen molar-refractivity contribution in [2.75, 3.05) is 0 Å². The zero-order valence-electron chi connectivity index (χ0n) is 11.9. The smallest absolute Gasteiger partial charge is 0.0643 e. The Morgan fingerprint density at radius 2 is 2.16 bits per heavy atom. The summed E-state index contributed by atoms with van der Waals surface area (Å²) in [5.41, 5.74) is 9.58. The van der Waals surface area contributed by atoms with Gasteiger partial charge in [-0.15, -0.1) is 0 Å². The van der Waals surface area contributed by atoms with E-state index in [4.69, 9.17) is 5.73 Å². The van der Waals surface area contributed by atoms with Crippen molar-refractivity contribution in [3.8, 4) is 0 Å². The normalized spacial score (nSPS) is 14.3. The van der Waals surface area contributed by atoms with Crippen molar-refractivity contribution in [2.45, 2.75) is 45.7 Å². The third-order valence-electron chi connectivity index (χ3n) is 3.61. The Labute approximate surface area is 114 Å². The van der Waals surface area contributed by atoms with E-state index < -0.39 is 0 Å². The van der Waals surface area contributed by atoms with E-state index >= 15 is 0 Å². The molecule has 2 N–H and O–H groups in total. The molecule has 102 valence electrons. The van der Waals surface area contributed by atoms with Crippen molar-refractivity contribution in [3.05, 3.63) is 47.5 Å². The molecule has 0 amide bonds. The second kappa shape index (κ2) is 5.97. The largest absolute Gasteiger partial charge is 0.324 e. The van der Waals surface area contributed by atoms with Gasteiger partial charge in [0.25, 0.3) is 0 Å². The van der Waals surface area contributed by atoms with Crippen molar-refractivity contribution in [1.82, 2.24) is 14.8 Å². The van der Waals surface area contributed by atoms with E-state index in [9.17, 15) is 0 Å². The lowest BCUT2D eigenvalue weighted by atomic mass is 10.0. The van der Waals surface area contributed by atoms with Gasteiger partial charge in [-0.1, -0.05) is 6.92 Å². The minimum atomic E-state index is -0.0472. The highest BCUT2D eigenvalue weighted by Crippen LogP contribution is 2.18. The molecule has 2 aromatic rings. The van der Waals surface area contributed by atoms with Gasteiger partial charge in [-0.25, -0.2) is 0 Å². The second-order valence-corrected chi connectivity index (χ2v) is 5.09. The van der Waals surface area contributed by atoms with Crippen LogP contribution in [-0.2, 0) is 6.42 Å². The van der Waals surface area contributed by atoms with Crippen LogP contribution < -0.4 is 5.73 Å². The number of pyridine rings is 1. The molecule has 0 saturated carbocycles. The number of nitrogens with zero attached hydrogens (tertiary/aromatic N) is 3. The Balaban J connectivity index is 2.09. The van der Waals surface area contributed by atoms with Crippen molar-refractivity contribution in [2.24, 2.45) is 5.73 Å². The Morgan fingerprint density at radius 1 is 1.37 bits per heavy atom. The van der Waals surface area contributed by atoms with Crippen LogP contribution in [0.3, 0.4) is 0 Å². The molecule has 4 heteroatoms. The topological polar surface area (TPSA) is 56.7 Å². The third-order valence-corrected chi connectivity index (χ3v) is 3.61. The van der Waals surface area contributed by atoms with E-state index in [1.165, 1.54) is 5.56 Å². The summed E-state index contributed by atoms with van der Waals surface area (Å²) in [7, 11) is 0.